The number of allylic oxidation sites excluding steroid dienone is 4. The van der Waals surface area contributed by atoms with Crippen LogP contribution in [0, 0.1) is 5.41 Å². The lowest BCUT2D eigenvalue weighted by atomic mass is 9.80. The lowest BCUT2D eigenvalue weighted by molar-refractivity contribution is -0.140. The molecule has 0 radical (unpaired) electrons. The molecule has 4 aromatic rings. The van der Waals surface area contributed by atoms with Crippen molar-refractivity contribution in [3.8, 4) is 11.4 Å². The predicted octanol–water partition coefficient (Wildman–Crippen LogP) is 5.34. The summed E-state index contributed by atoms with van der Waals surface area (Å²) in [6.07, 6.45) is 7.30. The van der Waals surface area contributed by atoms with Gasteiger partial charge in [0.2, 0.25) is 0 Å². The first-order valence-corrected chi connectivity index (χ1v) is 11.8. The minimum Gasteiger partial charge on any atom is -0.366 e. The van der Waals surface area contributed by atoms with Gasteiger partial charge < -0.3 is 15.6 Å². The predicted molar refractivity (Wildman–Crippen MR) is 133 cm³/mol. The number of nitrogens with zero attached hydrogens (tertiary/aromatic N) is 4. The number of hydrogen-bond donors (Lipinski definition) is 3. The molecule has 0 unspecified atom stereocenters. The highest BCUT2D eigenvalue weighted by molar-refractivity contribution is 6.03. The van der Waals surface area contributed by atoms with Gasteiger partial charge in [-0.2, -0.15) is 13.2 Å². The minimum absolute atomic E-state index is 0.0370. The van der Waals surface area contributed by atoms with E-state index in [-0.39, 0.29) is 17.1 Å². The van der Waals surface area contributed by atoms with Gasteiger partial charge in [-0.25, -0.2) is 15.0 Å². The van der Waals surface area contributed by atoms with Gasteiger partial charge in [0.05, 0.1) is 17.1 Å². The molecule has 2 aliphatic rings. The maximum Gasteiger partial charge on any atom is 0.431 e. The molecule has 1 aliphatic carbocycles. The first-order chi connectivity index (χ1) is 17.2. The van der Waals surface area contributed by atoms with Gasteiger partial charge in [0.15, 0.2) is 5.82 Å². The van der Waals surface area contributed by atoms with Gasteiger partial charge in [-0.15, -0.1) is 0 Å². The molecule has 10 heteroatoms. The van der Waals surface area contributed by atoms with Crippen LogP contribution in [0.1, 0.15) is 31.5 Å². The number of fused-ring (bicyclic) bond motifs is 2. The molecule has 1 saturated heterocycles. The molecule has 3 N–H and O–H groups in total. The second kappa shape index (κ2) is 8.12. The van der Waals surface area contributed by atoms with Crippen molar-refractivity contribution < 1.29 is 13.2 Å². The van der Waals surface area contributed by atoms with Crippen molar-refractivity contribution in [2.45, 2.75) is 32.5 Å². The Balaban J connectivity index is 1.55. The fourth-order valence-corrected chi connectivity index (χ4v) is 4.88. The molecule has 5 heterocycles. The van der Waals surface area contributed by atoms with Crippen molar-refractivity contribution in [2.24, 2.45) is 5.41 Å². The van der Waals surface area contributed by atoms with E-state index in [9.17, 15) is 13.2 Å². The standard InChI is InChI=1S/C26H24F3N7/c1-25(2)13-30-8-7-19(25)34-24-21-17(14-4-3-5-14)11-31-12-18(21)33-23(36-24)15-6-9-32-22-16(15)10-20(35-22)26(27,28)29/h3-6,9-12,19,30H,7-8,13H2,1-2H3,(H,32,35)(H,33,34,36)/t19-/m0/s1. The summed E-state index contributed by atoms with van der Waals surface area (Å²) >= 11 is 0. The van der Waals surface area contributed by atoms with E-state index in [2.05, 4.69) is 39.4 Å². The van der Waals surface area contributed by atoms with Crippen LogP contribution in [0.3, 0.4) is 0 Å². The van der Waals surface area contributed by atoms with E-state index in [1.165, 1.54) is 6.20 Å². The van der Waals surface area contributed by atoms with Crippen molar-refractivity contribution in [2.75, 3.05) is 18.4 Å². The molecule has 36 heavy (non-hydrogen) atoms. The molecule has 1 atom stereocenters. The summed E-state index contributed by atoms with van der Waals surface area (Å²) in [4.78, 5) is 20.5. The molecule has 1 fully saturated rings. The zero-order chi connectivity index (χ0) is 25.1. The first-order valence-electron chi connectivity index (χ1n) is 11.8. The Morgan fingerprint density at radius 1 is 1.14 bits per heavy atom. The van der Waals surface area contributed by atoms with Crippen LogP contribution in [0.15, 0.2) is 49.0 Å². The Labute approximate surface area is 205 Å². The van der Waals surface area contributed by atoms with Crippen LogP contribution >= 0.6 is 0 Å². The van der Waals surface area contributed by atoms with Crippen LogP contribution < -0.4 is 10.6 Å². The zero-order valence-corrected chi connectivity index (χ0v) is 19.7. The molecular weight excluding hydrogens is 467 g/mol. The maximum absolute atomic E-state index is 13.4. The highest BCUT2D eigenvalue weighted by atomic mass is 19.4. The van der Waals surface area contributed by atoms with Gasteiger partial charge in [0, 0.05) is 41.5 Å². The third kappa shape index (κ3) is 3.81. The number of pyridine rings is 2. The van der Waals surface area contributed by atoms with Crippen molar-refractivity contribution in [1.82, 2.24) is 30.2 Å². The molecule has 6 rings (SSSR count). The summed E-state index contributed by atoms with van der Waals surface area (Å²) in [7, 11) is 0. The second-order valence-electron chi connectivity index (χ2n) is 9.91. The minimum atomic E-state index is -4.52. The number of rotatable bonds is 4. The van der Waals surface area contributed by atoms with Gasteiger partial charge in [0.25, 0.3) is 0 Å². The van der Waals surface area contributed by atoms with Crippen LogP contribution in [0.25, 0.3) is 38.9 Å². The number of nitrogens with one attached hydrogen (secondary N) is 3. The van der Waals surface area contributed by atoms with Gasteiger partial charge in [-0.05, 0) is 36.1 Å². The van der Waals surface area contributed by atoms with E-state index in [0.717, 1.165) is 42.1 Å². The zero-order valence-electron chi connectivity index (χ0n) is 19.7. The number of aromatic amines is 1. The van der Waals surface area contributed by atoms with Crippen molar-refractivity contribution in [3.05, 3.63) is 60.2 Å². The fraction of sp³-hybridized carbons (Fsp3) is 0.308. The monoisotopic (exact) mass is 491 g/mol. The SMILES string of the molecule is CC1(C)CNCC[C@@H]1Nc1nc(-c2ccnc3[nH]c(C(F)(F)F)cc23)nc2cncc(C3=CC=C3)c12. The molecule has 0 saturated carbocycles. The summed E-state index contributed by atoms with van der Waals surface area (Å²) in [6, 6.07) is 2.84. The molecule has 184 valence electrons. The average molecular weight is 492 g/mol. The van der Waals surface area contributed by atoms with Crippen LogP contribution in [-0.2, 0) is 6.18 Å². The number of hydrogen-bond acceptors (Lipinski definition) is 6. The fourth-order valence-electron chi connectivity index (χ4n) is 4.88. The van der Waals surface area contributed by atoms with Crippen molar-refractivity contribution >= 4 is 33.3 Å². The summed E-state index contributed by atoms with van der Waals surface area (Å²) in [5, 5.41) is 8.27. The normalized spacial score (nSPS) is 19.4. The second-order valence-corrected chi connectivity index (χ2v) is 9.91. The largest absolute Gasteiger partial charge is 0.431 e. The molecule has 0 spiro atoms. The topological polar surface area (TPSA) is 91.4 Å². The Hall–Kier alpha value is -3.79. The van der Waals surface area contributed by atoms with Crippen molar-refractivity contribution in [1.29, 1.82) is 0 Å². The van der Waals surface area contributed by atoms with E-state index in [1.54, 1.807) is 18.5 Å². The number of piperidine rings is 1. The quantitative estimate of drug-likeness (QED) is 0.357. The summed E-state index contributed by atoms with van der Waals surface area (Å²) in [5.74, 6) is 0.957. The third-order valence-electron chi connectivity index (χ3n) is 6.99. The van der Waals surface area contributed by atoms with E-state index in [4.69, 9.17) is 9.97 Å². The molecule has 7 nitrogen and oxygen atoms in total. The summed E-state index contributed by atoms with van der Waals surface area (Å²) < 4.78 is 40.2. The lowest BCUT2D eigenvalue weighted by Gasteiger charge is -2.40. The van der Waals surface area contributed by atoms with E-state index in [0.29, 0.717) is 28.1 Å². The van der Waals surface area contributed by atoms with Crippen LogP contribution in [0.2, 0.25) is 0 Å². The van der Waals surface area contributed by atoms with E-state index < -0.39 is 11.9 Å². The number of halogens is 3. The molecular formula is C26H24F3N7. The Bertz CT molecular complexity index is 1550. The van der Waals surface area contributed by atoms with Crippen LogP contribution in [-0.4, -0.2) is 44.1 Å². The first kappa shape index (κ1) is 22.7. The van der Waals surface area contributed by atoms with Gasteiger partial charge >= 0.3 is 6.18 Å². The Kier molecular flexibility index (Phi) is 5.11. The number of aromatic nitrogens is 5. The Morgan fingerprint density at radius 3 is 2.69 bits per heavy atom. The number of H-pyrrole nitrogens is 1. The van der Waals surface area contributed by atoms with Crippen molar-refractivity contribution in [3.63, 3.8) is 0 Å². The number of alkyl halides is 3. The van der Waals surface area contributed by atoms with E-state index >= 15 is 0 Å². The molecule has 0 amide bonds. The van der Waals surface area contributed by atoms with Gasteiger partial charge in [-0.1, -0.05) is 32.1 Å². The van der Waals surface area contributed by atoms with Crippen LogP contribution in [0.5, 0.6) is 0 Å². The highest BCUT2D eigenvalue weighted by Gasteiger charge is 2.34. The van der Waals surface area contributed by atoms with Crippen LogP contribution in [0.4, 0.5) is 19.0 Å². The molecule has 0 bridgehead atoms. The molecule has 4 aromatic heterocycles. The molecule has 1 aliphatic heterocycles. The number of anilines is 1. The average Bonchev–Trinajstić information content (AvgIpc) is 3.24. The molecule has 0 aromatic carbocycles. The lowest BCUT2D eigenvalue weighted by Crippen LogP contribution is -2.49. The highest BCUT2D eigenvalue weighted by Crippen LogP contribution is 2.38. The maximum atomic E-state index is 13.4. The smallest absolute Gasteiger partial charge is 0.366 e. The summed E-state index contributed by atoms with van der Waals surface area (Å²) in [5.41, 5.74) is 2.26. The van der Waals surface area contributed by atoms with E-state index in [1.807, 2.05) is 18.2 Å². The summed E-state index contributed by atoms with van der Waals surface area (Å²) in [6.45, 7) is 6.14. The van der Waals surface area contributed by atoms with Gasteiger partial charge in [0.1, 0.15) is 17.2 Å². The Morgan fingerprint density at radius 2 is 1.97 bits per heavy atom. The van der Waals surface area contributed by atoms with Gasteiger partial charge in [-0.3, -0.25) is 4.98 Å². The third-order valence-corrected chi connectivity index (χ3v) is 6.99.